The number of rotatable bonds is 4. The van der Waals surface area contributed by atoms with Gasteiger partial charge in [-0.1, -0.05) is 29.8 Å². The van der Waals surface area contributed by atoms with Crippen LogP contribution in [-0.2, 0) is 12.8 Å². The second-order valence-electron chi connectivity index (χ2n) is 6.43. The molecule has 0 saturated carbocycles. The molecule has 118 valence electrons. The van der Waals surface area contributed by atoms with E-state index in [2.05, 4.69) is 80.8 Å². The Kier molecular flexibility index (Phi) is 4.33. The molecule has 0 spiro atoms. The van der Waals surface area contributed by atoms with Gasteiger partial charge in [-0.05, 0) is 75.9 Å². The molecule has 0 saturated heterocycles. The van der Waals surface area contributed by atoms with E-state index in [-0.39, 0.29) is 0 Å². The second kappa shape index (κ2) is 6.41. The van der Waals surface area contributed by atoms with Crippen molar-refractivity contribution in [2.75, 3.05) is 0 Å². The quantitative estimate of drug-likeness (QED) is 0.671. The minimum Gasteiger partial charge on any atom is -0.303 e. The number of aryl methyl sites for hydroxylation is 6. The van der Waals surface area contributed by atoms with Crippen molar-refractivity contribution in [3.05, 3.63) is 82.3 Å². The highest BCUT2D eigenvalue weighted by Crippen LogP contribution is 2.17. The molecule has 0 bridgehead atoms. The minimum absolute atomic E-state index is 0.970. The normalized spacial score (nSPS) is 11.0. The summed E-state index contributed by atoms with van der Waals surface area (Å²) < 4.78 is 2.23. The first-order valence-electron chi connectivity index (χ1n) is 8.21. The fourth-order valence-corrected chi connectivity index (χ4v) is 3.13. The van der Waals surface area contributed by atoms with Crippen LogP contribution >= 0.6 is 0 Å². The molecule has 0 amide bonds. The molecule has 0 aliphatic heterocycles. The zero-order chi connectivity index (χ0) is 16.4. The molecule has 0 unspecified atom stereocenters. The molecule has 2 heterocycles. The minimum atomic E-state index is 0.970. The van der Waals surface area contributed by atoms with Gasteiger partial charge in [0.15, 0.2) is 0 Å². The highest BCUT2D eigenvalue weighted by molar-refractivity contribution is 5.36. The molecule has 0 aliphatic carbocycles. The van der Waals surface area contributed by atoms with Gasteiger partial charge in [-0.15, -0.1) is 0 Å². The first-order valence-corrected chi connectivity index (χ1v) is 8.21. The van der Waals surface area contributed by atoms with Crippen molar-refractivity contribution in [1.29, 1.82) is 0 Å². The van der Waals surface area contributed by atoms with Gasteiger partial charge >= 0.3 is 0 Å². The van der Waals surface area contributed by atoms with Crippen LogP contribution in [0.15, 0.2) is 48.5 Å². The fraction of sp³-hybridized carbons (Fsp3) is 0.286. The number of hydrogen-bond acceptors (Lipinski definition) is 1. The van der Waals surface area contributed by atoms with Crippen LogP contribution in [0.2, 0.25) is 0 Å². The van der Waals surface area contributed by atoms with Gasteiger partial charge in [0.05, 0.1) is 0 Å². The third kappa shape index (κ3) is 3.53. The number of aromatic nitrogens is 2. The third-order valence-electron chi connectivity index (χ3n) is 4.26. The van der Waals surface area contributed by atoms with Crippen molar-refractivity contribution >= 4 is 0 Å². The van der Waals surface area contributed by atoms with E-state index < -0.39 is 0 Å². The molecule has 3 aromatic rings. The number of pyridine rings is 1. The molecule has 0 radical (unpaired) electrons. The maximum absolute atomic E-state index is 4.90. The molecule has 0 N–H and O–H groups in total. The van der Waals surface area contributed by atoms with E-state index in [9.17, 15) is 0 Å². The van der Waals surface area contributed by atoms with Gasteiger partial charge in [-0.25, -0.2) is 4.98 Å². The fourth-order valence-electron chi connectivity index (χ4n) is 3.13. The lowest BCUT2D eigenvalue weighted by Gasteiger charge is -2.12. The Labute approximate surface area is 138 Å². The van der Waals surface area contributed by atoms with Gasteiger partial charge in [0.25, 0.3) is 0 Å². The Balaban J connectivity index is 1.86. The summed E-state index contributed by atoms with van der Waals surface area (Å²) in [5.41, 5.74) is 7.58. The molecule has 2 nitrogen and oxygen atoms in total. The van der Waals surface area contributed by atoms with Gasteiger partial charge in [0.2, 0.25) is 0 Å². The standard InChI is InChI=1S/C21H24N2/c1-15-6-5-7-19(12-15)10-11-20-13-16(2)14-21(22-20)23-17(3)8-9-18(23)4/h5-9,12-14H,10-11H2,1-4H3. The zero-order valence-electron chi connectivity index (χ0n) is 14.4. The monoisotopic (exact) mass is 304 g/mol. The van der Waals surface area contributed by atoms with Crippen LogP contribution < -0.4 is 0 Å². The predicted molar refractivity (Wildman–Crippen MR) is 96.4 cm³/mol. The van der Waals surface area contributed by atoms with Gasteiger partial charge in [-0.3, -0.25) is 0 Å². The van der Waals surface area contributed by atoms with E-state index in [0.717, 1.165) is 24.4 Å². The summed E-state index contributed by atoms with van der Waals surface area (Å²) in [5, 5.41) is 0. The number of nitrogens with zero attached hydrogens (tertiary/aromatic N) is 2. The van der Waals surface area contributed by atoms with Crippen LogP contribution in [0.5, 0.6) is 0 Å². The predicted octanol–water partition coefficient (Wildman–Crippen LogP) is 4.89. The van der Waals surface area contributed by atoms with Crippen LogP contribution in [0.1, 0.15) is 33.8 Å². The number of benzene rings is 1. The molecule has 2 heteroatoms. The van der Waals surface area contributed by atoms with Gasteiger partial charge < -0.3 is 4.57 Å². The lowest BCUT2D eigenvalue weighted by Crippen LogP contribution is -2.05. The van der Waals surface area contributed by atoms with Crippen LogP contribution in [0, 0.1) is 27.7 Å². The van der Waals surface area contributed by atoms with Gasteiger partial charge in [-0.2, -0.15) is 0 Å². The van der Waals surface area contributed by atoms with Crippen LogP contribution in [-0.4, -0.2) is 9.55 Å². The summed E-state index contributed by atoms with van der Waals surface area (Å²) in [7, 11) is 0. The molecule has 0 aliphatic rings. The molecule has 1 aromatic carbocycles. The first-order chi connectivity index (χ1) is 11.0. The Bertz CT molecular complexity index is 808. The van der Waals surface area contributed by atoms with Crippen LogP contribution in [0.4, 0.5) is 0 Å². The van der Waals surface area contributed by atoms with Crippen LogP contribution in [0.25, 0.3) is 5.82 Å². The summed E-state index contributed by atoms with van der Waals surface area (Å²) in [6.07, 6.45) is 2.00. The topological polar surface area (TPSA) is 17.8 Å². The summed E-state index contributed by atoms with van der Waals surface area (Å²) >= 11 is 0. The largest absolute Gasteiger partial charge is 0.303 e. The van der Waals surface area contributed by atoms with Crippen molar-refractivity contribution < 1.29 is 0 Å². The van der Waals surface area contributed by atoms with E-state index >= 15 is 0 Å². The molecule has 3 rings (SSSR count). The first kappa shape index (κ1) is 15.5. The van der Waals surface area contributed by atoms with Gasteiger partial charge in [0.1, 0.15) is 5.82 Å². The molecule has 0 atom stereocenters. The van der Waals surface area contributed by atoms with Crippen molar-refractivity contribution in [3.8, 4) is 5.82 Å². The molecular formula is C21H24N2. The lowest BCUT2D eigenvalue weighted by atomic mass is 10.0. The summed E-state index contributed by atoms with van der Waals surface area (Å²) in [6.45, 7) is 8.55. The molecule has 0 fully saturated rings. The van der Waals surface area contributed by atoms with Crippen LogP contribution in [0.3, 0.4) is 0 Å². The summed E-state index contributed by atoms with van der Waals surface area (Å²) in [6, 6.07) is 17.4. The Hall–Kier alpha value is -2.35. The highest BCUT2D eigenvalue weighted by atomic mass is 15.1. The molecule has 2 aromatic heterocycles. The summed E-state index contributed by atoms with van der Waals surface area (Å²) in [5.74, 6) is 1.03. The zero-order valence-corrected chi connectivity index (χ0v) is 14.4. The van der Waals surface area contributed by atoms with Crippen molar-refractivity contribution in [3.63, 3.8) is 0 Å². The Morgan fingerprint density at radius 1 is 0.783 bits per heavy atom. The average Bonchev–Trinajstić information content (AvgIpc) is 2.84. The van der Waals surface area contributed by atoms with Crippen molar-refractivity contribution in [2.45, 2.75) is 40.5 Å². The Morgan fingerprint density at radius 3 is 2.22 bits per heavy atom. The highest BCUT2D eigenvalue weighted by Gasteiger charge is 2.08. The van der Waals surface area contributed by atoms with Crippen molar-refractivity contribution in [2.24, 2.45) is 0 Å². The Morgan fingerprint density at radius 2 is 1.52 bits per heavy atom. The average molecular weight is 304 g/mol. The molecule has 23 heavy (non-hydrogen) atoms. The molecular weight excluding hydrogens is 280 g/mol. The van der Waals surface area contributed by atoms with E-state index in [4.69, 9.17) is 4.98 Å². The smallest absolute Gasteiger partial charge is 0.137 e. The van der Waals surface area contributed by atoms with E-state index in [1.807, 2.05) is 0 Å². The summed E-state index contributed by atoms with van der Waals surface area (Å²) in [4.78, 5) is 4.90. The SMILES string of the molecule is Cc1cccc(CCc2cc(C)cc(-n3c(C)ccc3C)n2)c1. The van der Waals surface area contributed by atoms with Crippen molar-refractivity contribution in [1.82, 2.24) is 9.55 Å². The van der Waals surface area contributed by atoms with E-state index in [1.165, 1.54) is 28.1 Å². The maximum atomic E-state index is 4.90. The van der Waals surface area contributed by atoms with Gasteiger partial charge in [0, 0.05) is 17.1 Å². The van der Waals surface area contributed by atoms with E-state index in [1.54, 1.807) is 0 Å². The number of hydrogen-bond donors (Lipinski definition) is 0. The lowest BCUT2D eigenvalue weighted by molar-refractivity contribution is 0.861. The second-order valence-corrected chi connectivity index (χ2v) is 6.43. The van der Waals surface area contributed by atoms with E-state index in [0.29, 0.717) is 0 Å². The third-order valence-corrected chi connectivity index (χ3v) is 4.26. The maximum Gasteiger partial charge on any atom is 0.137 e.